The number of anilines is 1. The van der Waals surface area contributed by atoms with Crippen LogP contribution in [0.1, 0.15) is 57.4 Å². The zero-order valence-electron chi connectivity index (χ0n) is 11.8. The van der Waals surface area contributed by atoms with Gasteiger partial charge in [0.1, 0.15) is 17.3 Å². The predicted molar refractivity (Wildman–Crippen MR) is 80.7 cm³/mol. The Balaban J connectivity index is 1.86. The van der Waals surface area contributed by atoms with E-state index in [1.807, 2.05) is 0 Å². The van der Waals surface area contributed by atoms with Gasteiger partial charge in [-0.3, -0.25) is 0 Å². The minimum absolute atomic E-state index is 0.594. The third-order valence-electron chi connectivity index (χ3n) is 3.96. The highest BCUT2D eigenvalue weighted by atomic mass is 35.5. The van der Waals surface area contributed by atoms with Crippen LogP contribution in [0.2, 0.25) is 5.15 Å². The van der Waals surface area contributed by atoms with Gasteiger partial charge in [0.25, 0.3) is 0 Å². The second-order valence-electron chi connectivity index (χ2n) is 5.46. The Bertz CT molecular complexity index is 389. The third kappa shape index (κ3) is 4.34. The summed E-state index contributed by atoms with van der Waals surface area (Å²) in [5, 5.41) is 4.05. The van der Waals surface area contributed by atoms with Gasteiger partial charge >= 0.3 is 0 Å². The van der Waals surface area contributed by atoms with Crippen molar-refractivity contribution in [3.05, 3.63) is 17.0 Å². The molecule has 1 aliphatic rings. The summed E-state index contributed by atoms with van der Waals surface area (Å²) < 4.78 is 0. The maximum atomic E-state index is 6.14. The van der Waals surface area contributed by atoms with E-state index in [0.29, 0.717) is 5.15 Å². The van der Waals surface area contributed by atoms with Gasteiger partial charge in [-0.15, -0.1) is 0 Å². The van der Waals surface area contributed by atoms with E-state index < -0.39 is 0 Å². The maximum Gasteiger partial charge on any atom is 0.137 e. The Labute approximate surface area is 121 Å². The van der Waals surface area contributed by atoms with E-state index in [-0.39, 0.29) is 0 Å². The molecular formula is C15H24ClN3. The molecule has 1 aromatic heterocycles. The highest BCUT2D eigenvalue weighted by Crippen LogP contribution is 2.27. The molecule has 3 nitrogen and oxygen atoms in total. The summed E-state index contributed by atoms with van der Waals surface area (Å²) >= 11 is 6.14. The molecule has 1 aromatic rings. The van der Waals surface area contributed by atoms with Crippen molar-refractivity contribution < 1.29 is 0 Å². The fourth-order valence-electron chi connectivity index (χ4n) is 2.89. The summed E-state index contributed by atoms with van der Waals surface area (Å²) in [6.45, 7) is 3.14. The van der Waals surface area contributed by atoms with Crippen LogP contribution < -0.4 is 5.32 Å². The topological polar surface area (TPSA) is 37.8 Å². The van der Waals surface area contributed by atoms with Gasteiger partial charge in [0, 0.05) is 12.1 Å². The van der Waals surface area contributed by atoms with Gasteiger partial charge in [0.2, 0.25) is 0 Å². The Morgan fingerprint density at radius 1 is 1.26 bits per heavy atom. The number of hydrogen-bond donors (Lipinski definition) is 1. The summed E-state index contributed by atoms with van der Waals surface area (Å²) in [6.07, 6.45) is 11.8. The second-order valence-corrected chi connectivity index (χ2v) is 5.82. The van der Waals surface area contributed by atoms with Crippen molar-refractivity contribution in [1.29, 1.82) is 0 Å². The number of rotatable bonds is 6. The summed E-state index contributed by atoms with van der Waals surface area (Å²) in [4.78, 5) is 8.40. The minimum atomic E-state index is 0.594. The van der Waals surface area contributed by atoms with E-state index in [1.165, 1.54) is 38.5 Å². The molecule has 1 heterocycles. The van der Waals surface area contributed by atoms with Crippen LogP contribution in [0.15, 0.2) is 6.33 Å². The predicted octanol–water partition coefficient (Wildman–Crippen LogP) is 4.46. The number of aromatic nitrogens is 2. The highest BCUT2D eigenvalue weighted by Gasteiger charge is 2.14. The first-order valence-corrected chi connectivity index (χ1v) is 7.92. The normalized spacial score (nSPS) is 16.5. The maximum absolute atomic E-state index is 6.14. The van der Waals surface area contributed by atoms with Crippen LogP contribution in [-0.4, -0.2) is 16.5 Å². The van der Waals surface area contributed by atoms with Gasteiger partial charge in [0.05, 0.1) is 0 Å². The van der Waals surface area contributed by atoms with Crippen molar-refractivity contribution in [2.75, 3.05) is 11.9 Å². The van der Waals surface area contributed by atoms with E-state index in [9.17, 15) is 0 Å². The van der Waals surface area contributed by atoms with E-state index in [1.54, 1.807) is 6.33 Å². The number of halogens is 1. The van der Waals surface area contributed by atoms with Gasteiger partial charge < -0.3 is 5.32 Å². The molecule has 0 amide bonds. The molecule has 0 bridgehead atoms. The molecule has 4 heteroatoms. The third-order valence-corrected chi connectivity index (χ3v) is 4.29. The Morgan fingerprint density at radius 2 is 2.05 bits per heavy atom. The Kier molecular flexibility index (Phi) is 5.90. The highest BCUT2D eigenvalue weighted by molar-refractivity contribution is 6.30. The molecule has 0 atom stereocenters. The Morgan fingerprint density at radius 3 is 2.79 bits per heavy atom. The van der Waals surface area contributed by atoms with Crippen LogP contribution >= 0.6 is 11.6 Å². The van der Waals surface area contributed by atoms with Gasteiger partial charge in [-0.05, 0) is 18.8 Å². The largest absolute Gasteiger partial charge is 0.370 e. The average molecular weight is 282 g/mol. The van der Waals surface area contributed by atoms with Gasteiger partial charge in [-0.2, -0.15) is 0 Å². The zero-order valence-corrected chi connectivity index (χ0v) is 12.5. The lowest BCUT2D eigenvalue weighted by atomic mass is 9.87. The zero-order chi connectivity index (χ0) is 13.5. The van der Waals surface area contributed by atoms with Crippen molar-refractivity contribution in [2.45, 2.75) is 58.3 Å². The average Bonchev–Trinajstić information content (AvgIpc) is 2.44. The van der Waals surface area contributed by atoms with E-state index in [2.05, 4.69) is 22.2 Å². The molecule has 19 heavy (non-hydrogen) atoms. The van der Waals surface area contributed by atoms with E-state index >= 15 is 0 Å². The SMILES string of the molecule is CCCc1c(Cl)ncnc1NCCC1CCCCC1. The first-order chi connectivity index (χ1) is 9.31. The molecule has 0 saturated heterocycles. The van der Waals surface area contributed by atoms with Crippen molar-refractivity contribution >= 4 is 17.4 Å². The van der Waals surface area contributed by atoms with Crippen LogP contribution in [0.5, 0.6) is 0 Å². The van der Waals surface area contributed by atoms with E-state index in [0.717, 1.165) is 36.7 Å². The molecule has 1 saturated carbocycles. The number of nitrogens with one attached hydrogen (secondary N) is 1. The van der Waals surface area contributed by atoms with E-state index in [4.69, 9.17) is 11.6 Å². The lowest BCUT2D eigenvalue weighted by molar-refractivity contribution is 0.345. The fourth-order valence-corrected chi connectivity index (χ4v) is 3.11. The molecule has 0 spiro atoms. The quantitative estimate of drug-likeness (QED) is 0.782. The van der Waals surface area contributed by atoms with Crippen molar-refractivity contribution in [3.8, 4) is 0 Å². The Hall–Kier alpha value is -0.830. The molecular weight excluding hydrogens is 258 g/mol. The lowest BCUT2D eigenvalue weighted by Gasteiger charge is -2.21. The van der Waals surface area contributed by atoms with Crippen LogP contribution in [-0.2, 0) is 6.42 Å². The molecule has 1 fully saturated rings. The van der Waals surface area contributed by atoms with Crippen LogP contribution in [0.4, 0.5) is 5.82 Å². The van der Waals surface area contributed by atoms with Crippen molar-refractivity contribution in [2.24, 2.45) is 5.92 Å². The monoisotopic (exact) mass is 281 g/mol. The molecule has 2 rings (SSSR count). The molecule has 106 valence electrons. The van der Waals surface area contributed by atoms with Crippen LogP contribution in [0.3, 0.4) is 0 Å². The van der Waals surface area contributed by atoms with Gasteiger partial charge in [0.15, 0.2) is 0 Å². The molecule has 0 aliphatic heterocycles. The number of hydrogen-bond acceptors (Lipinski definition) is 3. The number of nitrogens with zero attached hydrogens (tertiary/aromatic N) is 2. The first kappa shape index (κ1) is 14.6. The van der Waals surface area contributed by atoms with Crippen molar-refractivity contribution in [1.82, 2.24) is 9.97 Å². The molecule has 1 N–H and O–H groups in total. The summed E-state index contributed by atoms with van der Waals surface area (Å²) in [6, 6.07) is 0. The molecule has 1 aliphatic carbocycles. The fraction of sp³-hybridized carbons (Fsp3) is 0.733. The summed E-state index contributed by atoms with van der Waals surface area (Å²) in [7, 11) is 0. The summed E-state index contributed by atoms with van der Waals surface area (Å²) in [5.74, 6) is 1.82. The van der Waals surface area contributed by atoms with Crippen molar-refractivity contribution in [3.63, 3.8) is 0 Å². The van der Waals surface area contributed by atoms with Gasteiger partial charge in [-0.1, -0.05) is 57.0 Å². The molecule has 0 aromatic carbocycles. The minimum Gasteiger partial charge on any atom is -0.370 e. The first-order valence-electron chi connectivity index (χ1n) is 7.54. The second kappa shape index (κ2) is 7.68. The lowest BCUT2D eigenvalue weighted by Crippen LogP contribution is -2.14. The standard InChI is InChI=1S/C15H24ClN3/c1-2-6-13-14(16)18-11-19-15(13)17-10-9-12-7-4-3-5-8-12/h11-12H,2-10H2,1H3,(H,17,18,19). The summed E-state index contributed by atoms with van der Waals surface area (Å²) in [5.41, 5.74) is 1.07. The smallest absolute Gasteiger partial charge is 0.137 e. The molecule has 0 unspecified atom stereocenters. The molecule has 0 radical (unpaired) electrons. The van der Waals surface area contributed by atoms with Gasteiger partial charge in [-0.25, -0.2) is 9.97 Å². The van der Waals surface area contributed by atoms with Crippen LogP contribution in [0, 0.1) is 5.92 Å². The van der Waals surface area contributed by atoms with Crippen LogP contribution in [0.25, 0.3) is 0 Å².